The molecule has 0 saturated heterocycles. The zero-order valence-corrected chi connectivity index (χ0v) is 31.6. The van der Waals surface area contributed by atoms with E-state index in [4.69, 9.17) is 0 Å². The van der Waals surface area contributed by atoms with Gasteiger partial charge in [0.25, 0.3) is 0 Å². The maximum atomic E-state index is 12.6. The van der Waals surface area contributed by atoms with Gasteiger partial charge in [-0.3, -0.25) is 10.0 Å². The van der Waals surface area contributed by atoms with Gasteiger partial charge in [0.1, 0.15) is 0 Å². The first-order chi connectivity index (χ1) is 12.5. The molecule has 0 bridgehead atoms. The summed E-state index contributed by atoms with van der Waals surface area (Å²) >= 11 is 0. The Balaban J connectivity index is -0.000000160. The van der Waals surface area contributed by atoms with Crippen molar-refractivity contribution < 1.29 is 89.1 Å². The van der Waals surface area contributed by atoms with Gasteiger partial charge in [-0.15, -0.1) is 0 Å². The van der Waals surface area contributed by atoms with Crippen LogP contribution < -0.4 is 10.4 Å². The summed E-state index contributed by atoms with van der Waals surface area (Å²) in [5.74, 6) is 0.259. The zero-order chi connectivity index (χ0) is 20.9. The summed E-state index contributed by atoms with van der Waals surface area (Å²) in [6.07, 6.45) is 5.03. The summed E-state index contributed by atoms with van der Waals surface area (Å²) in [5.41, 5.74) is 0.758. The van der Waals surface area contributed by atoms with E-state index < -0.39 is 0 Å². The molecule has 5 nitrogen and oxygen atoms in total. The van der Waals surface area contributed by atoms with E-state index in [2.05, 4.69) is 61.4 Å². The van der Waals surface area contributed by atoms with Crippen molar-refractivity contribution in [2.45, 2.75) is 79.8 Å². The van der Waals surface area contributed by atoms with Crippen molar-refractivity contribution in [3.63, 3.8) is 0 Å². The van der Waals surface area contributed by atoms with E-state index in [0.29, 0.717) is 0 Å². The summed E-state index contributed by atoms with van der Waals surface area (Å²) < 4.78 is 0. The van der Waals surface area contributed by atoms with Gasteiger partial charge in [-0.05, 0) is 27.2 Å². The first kappa shape index (κ1) is 41.9. The van der Waals surface area contributed by atoms with Crippen LogP contribution in [0.2, 0.25) is 0 Å². The molecule has 1 atom stereocenters. The van der Waals surface area contributed by atoms with Crippen LogP contribution in [0.25, 0.3) is 0 Å². The number of ketones is 1. The van der Waals surface area contributed by atoms with Crippen molar-refractivity contribution >= 4 is 5.78 Å². The molecule has 2 rings (SSSR count). The van der Waals surface area contributed by atoms with Crippen molar-refractivity contribution in [3.8, 4) is 0 Å². The number of Topliss-reactive ketones (excluding diaryl/α,β-unsaturated/α-hetero) is 1. The summed E-state index contributed by atoms with van der Waals surface area (Å²) in [5, 5.41) is 13.4. The quantitative estimate of drug-likeness (QED) is 0.465. The van der Waals surface area contributed by atoms with E-state index in [9.17, 15) is 4.79 Å². The van der Waals surface area contributed by atoms with Gasteiger partial charge in [-0.1, -0.05) is 53.4 Å². The minimum Gasteiger partial charge on any atom is -0.359 e. The monoisotopic (exact) mass is 1110 g/mol. The Morgan fingerprint density at radius 1 is 1.06 bits per heavy atom. The normalized spacial score (nSPS) is 10.6. The maximum Gasteiger partial charge on any atom is 2.00 e. The average Bonchev–Trinajstić information content (AvgIpc) is 3.13. The van der Waals surface area contributed by atoms with Gasteiger partial charge in [-0.25, -0.2) is 0 Å². The average molecular weight is 1110 g/mol. The van der Waals surface area contributed by atoms with E-state index in [1.165, 1.54) is 18.8 Å². The van der Waals surface area contributed by atoms with Crippen LogP contribution in [0, 0.1) is 11.5 Å². The second kappa shape index (κ2) is 22.5. The van der Waals surface area contributed by atoms with Crippen molar-refractivity contribution in [3.05, 3.63) is 48.3 Å². The fourth-order valence-electron chi connectivity index (χ4n) is 2.20. The molecule has 1 aromatic carbocycles. The number of nitrogens with zero attached hydrogens (tertiary/aromatic N) is 3. The molecule has 0 spiro atoms. The molecule has 1 N–H and O–H groups in total. The van der Waals surface area contributed by atoms with Crippen LogP contribution in [-0.2, 0) is 95.5 Å². The van der Waals surface area contributed by atoms with E-state index in [0.717, 1.165) is 12.0 Å². The molecule has 9 heteroatoms. The van der Waals surface area contributed by atoms with Crippen molar-refractivity contribution in [1.82, 2.24) is 20.7 Å². The number of hydrogen-bond donors (Lipinski definition) is 1. The third-order valence-corrected chi connectivity index (χ3v) is 3.19. The molecule has 174 valence electrons. The summed E-state index contributed by atoms with van der Waals surface area (Å²) in [4.78, 5) is 12.6. The SMILES string of the molecule is CC(C)(C)N[C@@H](Cc1cc[c-]cc1)C(=O)C(C)(C)C.CCC.[W+2].[W].[W].[W].c1c[n-]nn1. The van der Waals surface area contributed by atoms with Crippen LogP contribution in [0.5, 0.6) is 0 Å². The predicted molar refractivity (Wildman–Crippen MR) is 111 cm³/mol. The first-order valence-corrected chi connectivity index (χ1v) is 9.53. The Morgan fingerprint density at radius 2 is 1.55 bits per heavy atom. The van der Waals surface area contributed by atoms with Gasteiger partial charge < -0.3 is 15.5 Å². The van der Waals surface area contributed by atoms with Gasteiger partial charge in [0.2, 0.25) is 0 Å². The number of benzene rings is 1. The molecule has 2 aromatic rings. The van der Waals surface area contributed by atoms with Gasteiger partial charge in [-0.2, -0.15) is 35.9 Å². The minimum absolute atomic E-state index is 0. The molecule has 31 heavy (non-hydrogen) atoms. The smallest absolute Gasteiger partial charge is 0.359 e. The molecule has 1 heterocycles. The topological polar surface area (TPSA) is 69.0 Å². The van der Waals surface area contributed by atoms with Crippen LogP contribution >= 0.6 is 0 Å². The summed E-state index contributed by atoms with van der Waals surface area (Å²) in [6.45, 7) is 16.5. The molecule has 0 aliphatic rings. The van der Waals surface area contributed by atoms with E-state index in [1.807, 2.05) is 45.0 Å². The first-order valence-electron chi connectivity index (χ1n) is 9.53. The van der Waals surface area contributed by atoms with Crippen LogP contribution in [0.3, 0.4) is 0 Å². The maximum absolute atomic E-state index is 12.6. The van der Waals surface area contributed by atoms with Gasteiger partial charge in [0, 0.05) is 74.1 Å². The third-order valence-electron chi connectivity index (χ3n) is 3.19. The van der Waals surface area contributed by atoms with Gasteiger partial charge in [0.15, 0.2) is 5.78 Å². The van der Waals surface area contributed by atoms with Gasteiger partial charge in [0.05, 0.1) is 6.04 Å². The van der Waals surface area contributed by atoms with Crippen LogP contribution in [0.15, 0.2) is 36.7 Å². The molecule has 0 fully saturated rings. The van der Waals surface area contributed by atoms with E-state index in [1.54, 1.807) is 0 Å². The Hall–Kier alpha value is 0.743. The molecule has 0 unspecified atom stereocenters. The molecular formula is C22H36N4OW4. The fraction of sp³-hybridized carbons (Fsp3) is 0.591. The predicted octanol–water partition coefficient (Wildman–Crippen LogP) is 4.24. The number of nitrogens with one attached hydrogen (secondary N) is 1. The van der Waals surface area contributed by atoms with E-state index in [-0.39, 0.29) is 107 Å². The second-order valence-electron chi connectivity index (χ2n) is 8.50. The Kier molecular flexibility index (Phi) is 30.5. The summed E-state index contributed by atoms with van der Waals surface area (Å²) in [6, 6.07) is 10.7. The van der Waals surface area contributed by atoms with Crippen LogP contribution in [-0.4, -0.2) is 27.7 Å². The minimum atomic E-state index is -0.330. The van der Waals surface area contributed by atoms with Crippen molar-refractivity contribution in [1.29, 1.82) is 0 Å². The Morgan fingerprint density at radius 3 is 1.84 bits per heavy atom. The molecule has 0 saturated carbocycles. The van der Waals surface area contributed by atoms with Gasteiger partial charge >= 0.3 is 21.1 Å². The zero-order valence-electron chi connectivity index (χ0n) is 19.8. The second-order valence-corrected chi connectivity index (χ2v) is 8.50. The van der Waals surface area contributed by atoms with Crippen LogP contribution in [0.1, 0.15) is 67.4 Å². The number of carbonyl (C=O) groups excluding carboxylic acids is 1. The molecule has 1 aromatic heterocycles. The molecule has 0 aliphatic carbocycles. The fourth-order valence-corrected chi connectivity index (χ4v) is 2.20. The number of carbonyl (C=O) groups is 1. The van der Waals surface area contributed by atoms with Crippen molar-refractivity contribution in [2.75, 3.05) is 0 Å². The standard InChI is InChI=1S/C17H26NO.C3H8.C2H2N3.4W/c1-16(2,3)15(19)14(18-17(4,5)6)12-13-10-8-7-9-11-13;1-3-2;1-2-4-5-3-1;;;;/h8-11,14,18H,12H2,1-6H3;3H2,1-2H3;1-2H;;;;/q-1;;-1;;;;+2/t14-;;;;;;/m0....../s1. The molecule has 0 amide bonds. The van der Waals surface area contributed by atoms with Crippen molar-refractivity contribution in [2.24, 2.45) is 5.41 Å². The molecule has 0 radical (unpaired) electrons. The molecule has 0 aliphatic heterocycles. The van der Waals surface area contributed by atoms with Crippen LogP contribution in [0.4, 0.5) is 0 Å². The summed E-state index contributed by atoms with van der Waals surface area (Å²) in [7, 11) is 0. The Bertz CT molecular complexity index is 595. The molecular weight excluding hydrogens is 1070 g/mol. The number of rotatable bonds is 4. The number of aromatic nitrogens is 3. The number of hydrogen-bond acceptors (Lipinski definition) is 4. The Labute approximate surface area is 246 Å². The van der Waals surface area contributed by atoms with E-state index >= 15 is 0 Å². The third kappa shape index (κ3) is 23.7. The largest absolute Gasteiger partial charge is 2.00 e.